The molecule has 5 heteroatoms. The molecule has 1 amide bonds. The molecule has 3 rings (SSSR count). The maximum Gasteiger partial charge on any atom is 0.264 e. The Morgan fingerprint density at radius 3 is 2.69 bits per heavy atom. The van der Waals surface area contributed by atoms with Crippen LogP contribution in [0.25, 0.3) is 11.3 Å². The van der Waals surface area contributed by atoms with Gasteiger partial charge in [-0.05, 0) is 30.5 Å². The molecule has 3 aromatic rings. The quantitative estimate of drug-likeness (QED) is 0.647. The molecule has 0 unspecified atom stereocenters. The molecule has 0 fully saturated rings. The van der Waals surface area contributed by atoms with Gasteiger partial charge in [-0.25, -0.2) is 4.98 Å². The molecule has 1 heterocycles. The number of anilines is 1. The molecule has 0 spiro atoms. The van der Waals surface area contributed by atoms with Crippen molar-refractivity contribution >= 4 is 22.4 Å². The van der Waals surface area contributed by atoms with Crippen LogP contribution in [0.15, 0.2) is 53.9 Å². The summed E-state index contributed by atoms with van der Waals surface area (Å²) in [6.07, 6.45) is 0. The topological polar surface area (TPSA) is 51.2 Å². The molecule has 0 aliphatic carbocycles. The first-order chi connectivity index (χ1) is 12.5. The molecule has 0 radical (unpaired) electrons. The Labute approximate surface area is 157 Å². The van der Waals surface area contributed by atoms with Crippen LogP contribution < -0.4 is 10.1 Å². The second-order valence-corrected chi connectivity index (χ2v) is 7.33. The Hall–Kier alpha value is -2.66. The molecule has 0 aliphatic heterocycles. The van der Waals surface area contributed by atoms with Crippen LogP contribution in [0.4, 0.5) is 5.13 Å². The lowest BCUT2D eigenvalue weighted by atomic mass is 10.0. The largest absolute Gasteiger partial charge is 0.484 e. The van der Waals surface area contributed by atoms with Crippen LogP contribution in [0.3, 0.4) is 0 Å². The van der Waals surface area contributed by atoms with Crippen LogP contribution >= 0.6 is 11.3 Å². The van der Waals surface area contributed by atoms with E-state index in [0.717, 1.165) is 11.3 Å². The SMILES string of the molecule is Cc1ccc(-c2csc(NC(=O)COc3cccc(C(C)C)c3)n2)cc1. The third-order valence-corrected chi connectivity index (χ3v) is 4.75. The summed E-state index contributed by atoms with van der Waals surface area (Å²) in [5.41, 5.74) is 4.28. The summed E-state index contributed by atoms with van der Waals surface area (Å²) in [5, 5.41) is 5.31. The van der Waals surface area contributed by atoms with Crippen LogP contribution in [0.2, 0.25) is 0 Å². The number of amides is 1. The van der Waals surface area contributed by atoms with E-state index in [2.05, 4.69) is 30.2 Å². The number of carbonyl (C=O) groups excluding carboxylic acids is 1. The van der Waals surface area contributed by atoms with Gasteiger partial charge in [-0.3, -0.25) is 10.1 Å². The van der Waals surface area contributed by atoms with Crippen molar-refractivity contribution in [1.82, 2.24) is 4.98 Å². The monoisotopic (exact) mass is 366 g/mol. The minimum absolute atomic E-state index is 0.0407. The predicted molar refractivity (Wildman–Crippen MR) is 107 cm³/mol. The highest BCUT2D eigenvalue weighted by Gasteiger charge is 2.09. The lowest BCUT2D eigenvalue weighted by Gasteiger charge is -2.09. The molecule has 0 aliphatic rings. The van der Waals surface area contributed by atoms with E-state index in [0.29, 0.717) is 16.8 Å². The minimum Gasteiger partial charge on any atom is -0.484 e. The van der Waals surface area contributed by atoms with E-state index < -0.39 is 0 Å². The molecule has 1 N–H and O–H groups in total. The van der Waals surface area contributed by atoms with Gasteiger partial charge in [0, 0.05) is 10.9 Å². The smallest absolute Gasteiger partial charge is 0.264 e. The summed E-state index contributed by atoms with van der Waals surface area (Å²) < 4.78 is 5.60. The van der Waals surface area contributed by atoms with Crippen molar-refractivity contribution in [3.63, 3.8) is 0 Å². The number of hydrogen-bond donors (Lipinski definition) is 1. The van der Waals surface area contributed by atoms with Crippen molar-refractivity contribution in [3.8, 4) is 17.0 Å². The number of hydrogen-bond acceptors (Lipinski definition) is 4. The van der Waals surface area contributed by atoms with Gasteiger partial charge in [0.15, 0.2) is 11.7 Å². The molecule has 2 aromatic carbocycles. The summed E-state index contributed by atoms with van der Waals surface area (Å²) in [6, 6.07) is 16.0. The minimum atomic E-state index is -0.218. The van der Waals surface area contributed by atoms with Crippen LogP contribution in [-0.4, -0.2) is 17.5 Å². The molecule has 26 heavy (non-hydrogen) atoms. The van der Waals surface area contributed by atoms with E-state index in [4.69, 9.17) is 4.74 Å². The fraction of sp³-hybridized carbons (Fsp3) is 0.238. The number of nitrogens with one attached hydrogen (secondary N) is 1. The molecular weight excluding hydrogens is 344 g/mol. The van der Waals surface area contributed by atoms with Crippen LogP contribution in [0.5, 0.6) is 5.75 Å². The van der Waals surface area contributed by atoms with Crippen molar-refractivity contribution in [2.45, 2.75) is 26.7 Å². The fourth-order valence-corrected chi connectivity index (χ4v) is 3.19. The summed E-state index contributed by atoms with van der Waals surface area (Å²) in [6.45, 7) is 6.26. The molecule has 4 nitrogen and oxygen atoms in total. The predicted octanol–water partition coefficient (Wildman–Crippen LogP) is 5.26. The van der Waals surface area contributed by atoms with E-state index in [1.807, 2.05) is 54.8 Å². The average molecular weight is 366 g/mol. The van der Waals surface area contributed by atoms with Gasteiger partial charge in [0.25, 0.3) is 5.91 Å². The van der Waals surface area contributed by atoms with Crippen LogP contribution in [-0.2, 0) is 4.79 Å². The molecule has 0 saturated heterocycles. The summed E-state index contributed by atoms with van der Waals surface area (Å²) in [5.74, 6) is 0.901. The van der Waals surface area contributed by atoms with Gasteiger partial charge in [0.05, 0.1) is 5.69 Å². The maximum absolute atomic E-state index is 12.1. The Balaban J connectivity index is 1.57. The van der Waals surface area contributed by atoms with E-state index in [1.165, 1.54) is 22.5 Å². The summed E-state index contributed by atoms with van der Waals surface area (Å²) >= 11 is 1.41. The second-order valence-electron chi connectivity index (χ2n) is 6.47. The zero-order chi connectivity index (χ0) is 18.5. The van der Waals surface area contributed by atoms with E-state index in [-0.39, 0.29) is 12.5 Å². The van der Waals surface area contributed by atoms with Crippen molar-refractivity contribution in [3.05, 3.63) is 65.0 Å². The van der Waals surface area contributed by atoms with Gasteiger partial charge in [-0.1, -0.05) is 55.8 Å². The number of rotatable bonds is 6. The van der Waals surface area contributed by atoms with E-state index >= 15 is 0 Å². The van der Waals surface area contributed by atoms with Gasteiger partial charge in [0.1, 0.15) is 5.75 Å². The maximum atomic E-state index is 12.1. The lowest BCUT2D eigenvalue weighted by molar-refractivity contribution is -0.118. The van der Waals surface area contributed by atoms with Crippen LogP contribution in [0, 0.1) is 6.92 Å². The van der Waals surface area contributed by atoms with Gasteiger partial charge in [0.2, 0.25) is 0 Å². The molecule has 134 valence electrons. The third kappa shape index (κ3) is 4.70. The highest BCUT2D eigenvalue weighted by Crippen LogP contribution is 2.25. The normalized spacial score (nSPS) is 10.8. The second kappa shape index (κ2) is 8.15. The lowest BCUT2D eigenvalue weighted by Crippen LogP contribution is -2.20. The number of thiazole rings is 1. The average Bonchev–Trinajstić information content (AvgIpc) is 3.09. The Morgan fingerprint density at radius 2 is 1.96 bits per heavy atom. The van der Waals surface area contributed by atoms with Crippen molar-refractivity contribution in [2.75, 3.05) is 11.9 Å². The zero-order valence-corrected chi connectivity index (χ0v) is 16.0. The molecule has 0 bridgehead atoms. The van der Waals surface area contributed by atoms with Crippen LogP contribution in [0.1, 0.15) is 30.9 Å². The number of aryl methyl sites for hydroxylation is 1. The number of ether oxygens (including phenoxy) is 1. The van der Waals surface area contributed by atoms with Gasteiger partial charge < -0.3 is 4.74 Å². The first-order valence-corrected chi connectivity index (χ1v) is 9.44. The number of aromatic nitrogens is 1. The molecule has 0 atom stereocenters. The molecule has 1 aromatic heterocycles. The van der Waals surface area contributed by atoms with Crippen molar-refractivity contribution < 1.29 is 9.53 Å². The standard InChI is InChI=1S/C21H22N2O2S/c1-14(2)17-5-4-6-18(11-17)25-12-20(24)23-21-22-19(13-26-21)16-9-7-15(3)8-10-16/h4-11,13-14H,12H2,1-3H3,(H,22,23,24). The summed E-state index contributed by atoms with van der Waals surface area (Å²) in [4.78, 5) is 16.6. The van der Waals surface area contributed by atoms with Crippen molar-refractivity contribution in [1.29, 1.82) is 0 Å². The number of benzene rings is 2. The first kappa shape index (κ1) is 18.1. The Morgan fingerprint density at radius 1 is 1.19 bits per heavy atom. The van der Waals surface area contributed by atoms with E-state index in [1.54, 1.807) is 0 Å². The van der Waals surface area contributed by atoms with Gasteiger partial charge in [-0.15, -0.1) is 11.3 Å². The highest BCUT2D eigenvalue weighted by atomic mass is 32.1. The summed E-state index contributed by atoms with van der Waals surface area (Å²) in [7, 11) is 0. The zero-order valence-electron chi connectivity index (χ0n) is 15.2. The van der Waals surface area contributed by atoms with E-state index in [9.17, 15) is 4.79 Å². The third-order valence-electron chi connectivity index (χ3n) is 3.99. The van der Waals surface area contributed by atoms with Crippen molar-refractivity contribution in [2.24, 2.45) is 0 Å². The van der Waals surface area contributed by atoms with Gasteiger partial charge in [-0.2, -0.15) is 0 Å². The molecule has 0 saturated carbocycles. The first-order valence-electron chi connectivity index (χ1n) is 8.56. The highest BCUT2D eigenvalue weighted by molar-refractivity contribution is 7.14. The Kier molecular flexibility index (Phi) is 5.68. The fourth-order valence-electron chi connectivity index (χ4n) is 2.46. The Bertz CT molecular complexity index is 885. The van der Waals surface area contributed by atoms with Gasteiger partial charge >= 0.3 is 0 Å². The number of nitrogens with zero attached hydrogens (tertiary/aromatic N) is 1. The number of carbonyl (C=O) groups is 1. The molecular formula is C21H22N2O2S.